The van der Waals surface area contributed by atoms with Crippen molar-refractivity contribution in [2.24, 2.45) is 5.84 Å². The number of benzene rings is 2. The van der Waals surface area contributed by atoms with Gasteiger partial charge in [-0.1, -0.05) is 47.5 Å². The molecular weight excluding hydrogens is 307 g/mol. The van der Waals surface area contributed by atoms with Gasteiger partial charge in [0.2, 0.25) is 0 Å². The van der Waals surface area contributed by atoms with Crippen molar-refractivity contribution in [3.8, 4) is 0 Å². The smallest absolute Gasteiger partial charge is 0.104 e. The second-order valence-electron chi connectivity index (χ2n) is 5.05. The Labute approximate surface area is 134 Å². The van der Waals surface area contributed by atoms with Gasteiger partial charge >= 0.3 is 0 Å². The molecule has 2 aromatic carbocycles. The maximum atomic E-state index is 6.31. The maximum absolute atomic E-state index is 6.31. The quantitative estimate of drug-likeness (QED) is 0.667. The van der Waals surface area contributed by atoms with Crippen LogP contribution in [-0.2, 0) is 11.2 Å². The molecule has 3 nitrogen and oxygen atoms in total. The summed E-state index contributed by atoms with van der Waals surface area (Å²) in [6.07, 6.45) is 0.726. The summed E-state index contributed by atoms with van der Waals surface area (Å²) in [6.45, 7) is 0.665. The van der Waals surface area contributed by atoms with Crippen molar-refractivity contribution in [3.05, 3.63) is 69.2 Å². The average Bonchev–Trinajstić information content (AvgIpc) is 2.51. The Morgan fingerprint density at radius 1 is 1.19 bits per heavy atom. The Morgan fingerprint density at radius 2 is 2.00 bits per heavy atom. The molecule has 0 saturated heterocycles. The van der Waals surface area contributed by atoms with Crippen molar-refractivity contribution in [2.75, 3.05) is 6.61 Å². The van der Waals surface area contributed by atoms with Crippen LogP contribution >= 0.6 is 23.2 Å². The van der Waals surface area contributed by atoms with Gasteiger partial charge in [-0.25, -0.2) is 5.43 Å². The van der Waals surface area contributed by atoms with E-state index in [0.717, 1.165) is 17.5 Å². The molecule has 1 aliphatic rings. The Bertz CT molecular complexity index is 648. The first kappa shape index (κ1) is 14.8. The van der Waals surface area contributed by atoms with Gasteiger partial charge < -0.3 is 4.74 Å². The summed E-state index contributed by atoms with van der Waals surface area (Å²) in [5, 5.41) is 1.24. The highest BCUT2D eigenvalue weighted by atomic mass is 35.5. The molecule has 2 aromatic rings. The second-order valence-corrected chi connectivity index (χ2v) is 5.89. The zero-order valence-corrected chi connectivity index (χ0v) is 12.9. The first-order chi connectivity index (χ1) is 10.2. The van der Waals surface area contributed by atoms with E-state index in [-0.39, 0.29) is 12.1 Å². The Kier molecular flexibility index (Phi) is 4.48. The number of hydrogen-bond donors (Lipinski definition) is 2. The lowest BCUT2D eigenvalue weighted by atomic mass is 9.90. The highest BCUT2D eigenvalue weighted by Crippen LogP contribution is 2.39. The molecule has 2 unspecified atom stereocenters. The molecule has 2 atom stereocenters. The third-order valence-corrected chi connectivity index (χ3v) is 4.39. The summed E-state index contributed by atoms with van der Waals surface area (Å²) in [7, 11) is 0. The fourth-order valence-electron chi connectivity index (χ4n) is 2.79. The number of fused-ring (bicyclic) bond motifs is 1. The van der Waals surface area contributed by atoms with E-state index in [1.807, 2.05) is 18.2 Å². The first-order valence-corrected chi connectivity index (χ1v) is 7.57. The van der Waals surface area contributed by atoms with Gasteiger partial charge in [0.05, 0.1) is 12.6 Å². The van der Waals surface area contributed by atoms with Crippen molar-refractivity contribution in [1.29, 1.82) is 0 Å². The van der Waals surface area contributed by atoms with Crippen LogP contribution in [0.5, 0.6) is 0 Å². The molecule has 3 rings (SSSR count). The van der Waals surface area contributed by atoms with Crippen LogP contribution in [0.1, 0.15) is 28.8 Å². The van der Waals surface area contributed by atoms with Crippen LogP contribution in [0, 0.1) is 0 Å². The Morgan fingerprint density at radius 3 is 2.81 bits per heavy atom. The molecule has 21 heavy (non-hydrogen) atoms. The number of ether oxygens (including phenoxy) is 1. The van der Waals surface area contributed by atoms with Crippen molar-refractivity contribution in [3.63, 3.8) is 0 Å². The fraction of sp³-hybridized carbons (Fsp3) is 0.250. The van der Waals surface area contributed by atoms with Gasteiger partial charge in [0.25, 0.3) is 0 Å². The number of halogens is 2. The highest BCUT2D eigenvalue weighted by Gasteiger charge is 2.30. The van der Waals surface area contributed by atoms with E-state index in [9.17, 15) is 0 Å². The van der Waals surface area contributed by atoms with Crippen LogP contribution in [-0.4, -0.2) is 6.61 Å². The summed E-state index contributed by atoms with van der Waals surface area (Å²) in [4.78, 5) is 0. The molecule has 0 fully saturated rings. The Hall–Kier alpha value is -1.10. The third kappa shape index (κ3) is 2.93. The number of hydrazine groups is 1. The first-order valence-electron chi connectivity index (χ1n) is 6.81. The molecule has 1 heterocycles. The van der Waals surface area contributed by atoms with Crippen LogP contribution in [0.2, 0.25) is 10.0 Å². The summed E-state index contributed by atoms with van der Waals surface area (Å²) >= 11 is 12.4. The van der Waals surface area contributed by atoms with Gasteiger partial charge in [-0.05, 0) is 41.3 Å². The van der Waals surface area contributed by atoms with Crippen molar-refractivity contribution >= 4 is 23.2 Å². The Balaban J connectivity index is 2.03. The zero-order valence-electron chi connectivity index (χ0n) is 11.4. The molecule has 0 saturated carbocycles. The molecule has 3 N–H and O–H groups in total. The summed E-state index contributed by atoms with van der Waals surface area (Å²) in [5.74, 6) is 5.78. The molecule has 5 heteroatoms. The molecule has 0 amide bonds. The largest absolute Gasteiger partial charge is 0.371 e. The van der Waals surface area contributed by atoms with Crippen LogP contribution in [0.15, 0.2) is 42.5 Å². The standard InChI is InChI=1S/C16H16Cl2N2O/c17-11-5-6-14(18)13(9-11)15(20-19)16-12-4-2-1-3-10(12)7-8-21-16/h1-6,9,15-16,20H,7-8,19H2. The predicted octanol–water partition coefficient (Wildman–Crippen LogP) is 3.81. The van der Waals surface area contributed by atoms with Crippen LogP contribution in [0.25, 0.3) is 0 Å². The maximum Gasteiger partial charge on any atom is 0.104 e. The molecular formula is C16H16Cl2N2O. The minimum atomic E-state index is -0.252. The number of nitrogens with two attached hydrogens (primary N) is 1. The van der Waals surface area contributed by atoms with E-state index >= 15 is 0 Å². The minimum absolute atomic E-state index is 0.184. The van der Waals surface area contributed by atoms with Gasteiger partial charge in [-0.3, -0.25) is 5.84 Å². The van der Waals surface area contributed by atoms with E-state index in [4.69, 9.17) is 33.8 Å². The molecule has 0 radical (unpaired) electrons. The van der Waals surface area contributed by atoms with Crippen LogP contribution in [0.4, 0.5) is 0 Å². The van der Waals surface area contributed by atoms with E-state index in [2.05, 4.69) is 17.6 Å². The monoisotopic (exact) mass is 322 g/mol. The lowest BCUT2D eigenvalue weighted by Crippen LogP contribution is -2.36. The lowest BCUT2D eigenvalue weighted by molar-refractivity contribution is 0.0147. The lowest BCUT2D eigenvalue weighted by Gasteiger charge is -2.32. The van der Waals surface area contributed by atoms with E-state index in [1.165, 1.54) is 5.56 Å². The molecule has 0 bridgehead atoms. The molecule has 0 aromatic heterocycles. The second kappa shape index (κ2) is 6.34. The molecule has 110 valence electrons. The van der Waals surface area contributed by atoms with Crippen LogP contribution < -0.4 is 11.3 Å². The van der Waals surface area contributed by atoms with Crippen molar-refractivity contribution in [2.45, 2.75) is 18.6 Å². The average molecular weight is 323 g/mol. The number of nitrogens with one attached hydrogen (secondary N) is 1. The number of hydrogen-bond acceptors (Lipinski definition) is 3. The third-order valence-electron chi connectivity index (χ3n) is 3.81. The summed E-state index contributed by atoms with van der Waals surface area (Å²) in [6, 6.07) is 13.4. The van der Waals surface area contributed by atoms with Gasteiger partial charge in [0.15, 0.2) is 0 Å². The minimum Gasteiger partial charge on any atom is -0.371 e. The predicted molar refractivity (Wildman–Crippen MR) is 85.4 cm³/mol. The molecule has 1 aliphatic heterocycles. The van der Waals surface area contributed by atoms with Crippen molar-refractivity contribution in [1.82, 2.24) is 5.43 Å². The van der Waals surface area contributed by atoms with E-state index in [1.54, 1.807) is 12.1 Å². The zero-order chi connectivity index (χ0) is 14.8. The van der Waals surface area contributed by atoms with Gasteiger partial charge in [0.1, 0.15) is 6.10 Å². The van der Waals surface area contributed by atoms with Gasteiger partial charge in [-0.15, -0.1) is 0 Å². The van der Waals surface area contributed by atoms with E-state index < -0.39 is 0 Å². The van der Waals surface area contributed by atoms with Crippen molar-refractivity contribution < 1.29 is 4.74 Å². The molecule has 0 spiro atoms. The topological polar surface area (TPSA) is 47.3 Å². The summed E-state index contributed by atoms with van der Waals surface area (Å²) < 4.78 is 5.96. The highest BCUT2D eigenvalue weighted by molar-refractivity contribution is 6.33. The van der Waals surface area contributed by atoms with E-state index in [0.29, 0.717) is 16.7 Å². The SMILES string of the molecule is NNC(c1cc(Cl)ccc1Cl)C1OCCc2ccccc21. The van der Waals surface area contributed by atoms with Crippen LogP contribution in [0.3, 0.4) is 0 Å². The molecule has 0 aliphatic carbocycles. The van der Waals surface area contributed by atoms with Gasteiger partial charge in [0, 0.05) is 10.0 Å². The van der Waals surface area contributed by atoms with Gasteiger partial charge in [-0.2, -0.15) is 0 Å². The number of rotatable bonds is 3. The summed E-state index contributed by atoms with van der Waals surface area (Å²) in [5.41, 5.74) is 6.10. The fourth-order valence-corrected chi connectivity index (χ4v) is 3.21. The normalized spacial score (nSPS) is 19.1.